The van der Waals surface area contributed by atoms with Gasteiger partial charge in [-0.2, -0.15) is 0 Å². The van der Waals surface area contributed by atoms with Gasteiger partial charge in [-0.05, 0) is 32.1 Å². The molecule has 0 aromatic heterocycles. The summed E-state index contributed by atoms with van der Waals surface area (Å²) in [7, 11) is 4.14. The van der Waals surface area contributed by atoms with Crippen LogP contribution in [0, 0.1) is 12.3 Å². The molecule has 5 heteroatoms. The van der Waals surface area contributed by atoms with Crippen LogP contribution in [0.25, 0.3) is 0 Å². The Bertz CT molecular complexity index is 477. The maximum absolute atomic E-state index is 5.26. The average Bonchev–Trinajstić information content (AvgIpc) is 2.42. The Morgan fingerprint density at radius 1 is 1.24 bits per heavy atom. The predicted molar refractivity (Wildman–Crippen MR) is 101 cm³/mol. The van der Waals surface area contributed by atoms with E-state index in [1.54, 1.807) is 0 Å². The molecule has 0 spiro atoms. The number of hydrogen-bond acceptors (Lipinski definition) is 2. The summed E-state index contributed by atoms with van der Waals surface area (Å²) in [5, 5.41) is 6.27. The lowest BCUT2D eigenvalue weighted by molar-refractivity contribution is 0.401. The van der Waals surface area contributed by atoms with Crippen molar-refractivity contribution in [3.05, 3.63) is 35.4 Å². The van der Waals surface area contributed by atoms with Crippen LogP contribution >= 0.6 is 24.0 Å². The lowest BCUT2D eigenvalue weighted by Gasteiger charge is -2.14. The second-order valence-corrected chi connectivity index (χ2v) is 4.76. The van der Waals surface area contributed by atoms with Crippen molar-refractivity contribution in [2.75, 3.05) is 27.2 Å². The normalized spacial score (nSPS) is 10.7. The minimum atomic E-state index is 0. The molecule has 0 radical (unpaired) electrons. The largest absolute Gasteiger partial charge is 0.357 e. The maximum Gasteiger partial charge on any atom is 0.192 e. The molecule has 0 aliphatic carbocycles. The maximum atomic E-state index is 5.26. The Morgan fingerprint density at radius 3 is 2.48 bits per heavy atom. The quantitative estimate of drug-likeness (QED) is 0.333. The molecule has 1 rings (SSSR count). The van der Waals surface area contributed by atoms with Crippen molar-refractivity contribution < 1.29 is 0 Å². The predicted octanol–water partition coefficient (Wildman–Crippen LogP) is 2.05. The highest BCUT2D eigenvalue weighted by Crippen LogP contribution is 2.11. The summed E-state index contributed by atoms with van der Waals surface area (Å²) >= 11 is 0. The molecule has 0 saturated heterocycles. The van der Waals surface area contributed by atoms with Gasteiger partial charge in [0.15, 0.2) is 5.96 Å². The summed E-state index contributed by atoms with van der Waals surface area (Å²) in [5.41, 5.74) is 2.54. The Kier molecular flexibility index (Phi) is 10.7. The van der Waals surface area contributed by atoms with Crippen LogP contribution in [0.4, 0.5) is 0 Å². The van der Waals surface area contributed by atoms with Gasteiger partial charge in [0.1, 0.15) is 0 Å². The smallest absolute Gasteiger partial charge is 0.192 e. The number of rotatable bonds is 6. The van der Waals surface area contributed by atoms with Gasteiger partial charge < -0.3 is 15.5 Å². The van der Waals surface area contributed by atoms with Crippen LogP contribution in [0.5, 0.6) is 0 Å². The van der Waals surface area contributed by atoms with E-state index < -0.39 is 0 Å². The fourth-order valence-electron chi connectivity index (χ4n) is 1.85. The standard InChI is InChI=1S/C16H24N4.HI/c1-5-11-18-16(17-6-2)19-12-14-9-7-8-10-15(14)13-20(3)4;/h1,7-10H,6,11-13H2,2-4H3,(H2,17,18,19);1H. The number of nitrogens with one attached hydrogen (secondary N) is 2. The zero-order valence-electron chi connectivity index (χ0n) is 13.0. The lowest BCUT2D eigenvalue weighted by atomic mass is 10.1. The molecule has 0 bridgehead atoms. The van der Waals surface area contributed by atoms with E-state index in [4.69, 9.17) is 6.42 Å². The zero-order valence-corrected chi connectivity index (χ0v) is 15.3. The van der Waals surface area contributed by atoms with Gasteiger partial charge >= 0.3 is 0 Å². The number of guanidine groups is 1. The molecular formula is C16H25IN4. The van der Waals surface area contributed by atoms with Crippen molar-refractivity contribution in [3.63, 3.8) is 0 Å². The van der Waals surface area contributed by atoms with Gasteiger partial charge in [0, 0.05) is 13.1 Å². The fourth-order valence-corrected chi connectivity index (χ4v) is 1.85. The molecule has 0 aliphatic heterocycles. The molecule has 0 aliphatic rings. The minimum absolute atomic E-state index is 0. The molecule has 0 amide bonds. The molecule has 0 heterocycles. The fraction of sp³-hybridized carbons (Fsp3) is 0.438. The third kappa shape index (κ3) is 7.93. The third-order valence-electron chi connectivity index (χ3n) is 2.71. The van der Waals surface area contributed by atoms with Gasteiger partial charge in [-0.3, -0.25) is 0 Å². The first-order valence-electron chi connectivity index (χ1n) is 6.84. The van der Waals surface area contributed by atoms with Crippen molar-refractivity contribution >= 4 is 29.9 Å². The molecule has 116 valence electrons. The number of nitrogens with zero attached hydrogens (tertiary/aromatic N) is 2. The Balaban J connectivity index is 0.00000400. The SMILES string of the molecule is C#CCNC(=NCc1ccccc1CN(C)C)NCC.I. The zero-order chi connectivity index (χ0) is 14.8. The second-order valence-electron chi connectivity index (χ2n) is 4.76. The first kappa shape index (κ1) is 19.7. The Morgan fingerprint density at radius 2 is 1.90 bits per heavy atom. The number of benzene rings is 1. The summed E-state index contributed by atoms with van der Waals surface area (Å²) in [6, 6.07) is 8.37. The van der Waals surface area contributed by atoms with E-state index in [0.717, 1.165) is 19.0 Å². The number of terminal acetylenes is 1. The molecule has 0 atom stereocenters. The van der Waals surface area contributed by atoms with Gasteiger partial charge in [-0.1, -0.05) is 30.2 Å². The van der Waals surface area contributed by atoms with E-state index in [1.807, 2.05) is 13.0 Å². The second kappa shape index (κ2) is 11.4. The van der Waals surface area contributed by atoms with E-state index in [9.17, 15) is 0 Å². The van der Waals surface area contributed by atoms with Gasteiger partial charge in [0.05, 0.1) is 13.1 Å². The summed E-state index contributed by atoms with van der Waals surface area (Å²) in [6.07, 6.45) is 5.26. The molecule has 0 fully saturated rings. The molecule has 1 aromatic carbocycles. The molecule has 4 nitrogen and oxygen atoms in total. The van der Waals surface area contributed by atoms with Crippen LogP contribution in [-0.4, -0.2) is 38.0 Å². The molecule has 1 aromatic rings. The Labute approximate surface area is 145 Å². The van der Waals surface area contributed by atoms with Gasteiger partial charge in [0.2, 0.25) is 0 Å². The van der Waals surface area contributed by atoms with Crippen molar-refractivity contribution in [2.45, 2.75) is 20.0 Å². The average molecular weight is 400 g/mol. The minimum Gasteiger partial charge on any atom is -0.357 e. The van der Waals surface area contributed by atoms with E-state index in [1.165, 1.54) is 11.1 Å². The first-order chi connectivity index (χ1) is 9.67. The highest BCUT2D eigenvalue weighted by molar-refractivity contribution is 14.0. The molecule has 0 unspecified atom stereocenters. The van der Waals surface area contributed by atoms with Crippen LogP contribution < -0.4 is 10.6 Å². The van der Waals surface area contributed by atoms with Crippen molar-refractivity contribution in [2.24, 2.45) is 4.99 Å². The number of aliphatic imine (C=N–C) groups is 1. The van der Waals surface area contributed by atoms with E-state index in [0.29, 0.717) is 13.1 Å². The van der Waals surface area contributed by atoms with Crippen LogP contribution in [0.3, 0.4) is 0 Å². The first-order valence-corrected chi connectivity index (χ1v) is 6.84. The van der Waals surface area contributed by atoms with Crippen molar-refractivity contribution in [1.29, 1.82) is 0 Å². The summed E-state index contributed by atoms with van der Waals surface area (Å²) in [4.78, 5) is 6.73. The molecule has 0 saturated carbocycles. The van der Waals surface area contributed by atoms with Gasteiger partial charge in [-0.15, -0.1) is 30.4 Å². The van der Waals surface area contributed by atoms with E-state index in [2.05, 4.69) is 58.7 Å². The third-order valence-corrected chi connectivity index (χ3v) is 2.71. The molecular weight excluding hydrogens is 375 g/mol. The molecule has 21 heavy (non-hydrogen) atoms. The van der Waals surface area contributed by atoms with Crippen molar-refractivity contribution in [3.8, 4) is 12.3 Å². The van der Waals surface area contributed by atoms with Crippen molar-refractivity contribution in [1.82, 2.24) is 15.5 Å². The van der Waals surface area contributed by atoms with E-state index in [-0.39, 0.29) is 24.0 Å². The summed E-state index contributed by atoms with van der Waals surface area (Å²) in [5.74, 6) is 3.31. The lowest BCUT2D eigenvalue weighted by Crippen LogP contribution is -2.37. The summed E-state index contributed by atoms with van der Waals surface area (Å²) < 4.78 is 0. The van der Waals surface area contributed by atoms with Gasteiger partial charge in [-0.25, -0.2) is 4.99 Å². The van der Waals surface area contributed by atoms with Crippen LogP contribution in [0.1, 0.15) is 18.1 Å². The van der Waals surface area contributed by atoms with Gasteiger partial charge in [0.25, 0.3) is 0 Å². The van der Waals surface area contributed by atoms with Crippen LogP contribution in [0.15, 0.2) is 29.3 Å². The number of hydrogen-bond donors (Lipinski definition) is 2. The summed E-state index contributed by atoms with van der Waals surface area (Å²) in [6.45, 7) is 4.89. The highest BCUT2D eigenvalue weighted by Gasteiger charge is 2.03. The number of halogens is 1. The molecule has 2 N–H and O–H groups in total. The van der Waals surface area contributed by atoms with Crippen LogP contribution in [-0.2, 0) is 13.1 Å². The van der Waals surface area contributed by atoms with E-state index >= 15 is 0 Å². The monoisotopic (exact) mass is 400 g/mol. The van der Waals surface area contributed by atoms with Crippen LogP contribution in [0.2, 0.25) is 0 Å². The Hall–Kier alpha value is -1.26. The highest BCUT2D eigenvalue weighted by atomic mass is 127. The topological polar surface area (TPSA) is 39.7 Å².